The highest BCUT2D eigenvalue weighted by molar-refractivity contribution is 6.37. The summed E-state index contributed by atoms with van der Waals surface area (Å²) in [5, 5.41) is 0. The number of hydrogen-bond acceptors (Lipinski definition) is 3. The molecule has 0 bridgehead atoms. The van der Waals surface area contributed by atoms with Crippen molar-refractivity contribution in [2.45, 2.75) is 0 Å². The first-order valence-corrected chi connectivity index (χ1v) is 3.59. The summed E-state index contributed by atoms with van der Waals surface area (Å²) < 4.78 is 0. The van der Waals surface area contributed by atoms with E-state index in [1.165, 1.54) is 0 Å². The standard InChI is InChI=1S/C3H9NO2Si/c1-2-3-4-7(5)6/h2,4-7H,1,3H2. The summed E-state index contributed by atoms with van der Waals surface area (Å²) in [6.45, 7) is 3.85. The number of rotatable bonds is 3. The van der Waals surface area contributed by atoms with Crippen molar-refractivity contribution in [3.05, 3.63) is 12.7 Å². The topological polar surface area (TPSA) is 52.5 Å². The summed E-state index contributed by atoms with van der Waals surface area (Å²) in [5.41, 5.74) is 0. The minimum absolute atomic E-state index is 0.476. The molecule has 0 saturated carbocycles. The van der Waals surface area contributed by atoms with Crippen LogP contribution in [0.1, 0.15) is 0 Å². The maximum absolute atomic E-state index is 8.22. The van der Waals surface area contributed by atoms with Gasteiger partial charge in [-0.2, -0.15) is 0 Å². The molecule has 0 rings (SSSR count). The van der Waals surface area contributed by atoms with Crippen molar-refractivity contribution in [2.75, 3.05) is 6.54 Å². The van der Waals surface area contributed by atoms with E-state index in [0.29, 0.717) is 6.54 Å². The predicted molar refractivity (Wildman–Crippen MR) is 29.8 cm³/mol. The summed E-state index contributed by atoms with van der Waals surface area (Å²) in [6, 6.07) is 0. The second kappa shape index (κ2) is 4.01. The van der Waals surface area contributed by atoms with Crippen molar-refractivity contribution in [1.82, 2.24) is 4.98 Å². The molecule has 7 heavy (non-hydrogen) atoms. The van der Waals surface area contributed by atoms with E-state index in [-0.39, 0.29) is 0 Å². The average molecular weight is 119 g/mol. The van der Waals surface area contributed by atoms with Gasteiger partial charge in [0.15, 0.2) is 0 Å². The Morgan fingerprint density at radius 1 is 1.71 bits per heavy atom. The van der Waals surface area contributed by atoms with Crippen LogP contribution in [0.3, 0.4) is 0 Å². The first-order chi connectivity index (χ1) is 3.27. The van der Waals surface area contributed by atoms with Crippen LogP contribution >= 0.6 is 0 Å². The van der Waals surface area contributed by atoms with E-state index in [9.17, 15) is 0 Å². The van der Waals surface area contributed by atoms with Gasteiger partial charge in [0.25, 0.3) is 0 Å². The van der Waals surface area contributed by atoms with Gasteiger partial charge in [-0.1, -0.05) is 6.08 Å². The maximum atomic E-state index is 8.22. The van der Waals surface area contributed by atoms with E-state index in [1.54, 1.807) is 6.08 Å². The Hall–Kier alpha value is -0.163. The molecule has 0 aromatic rings. The van der Waals surface area contributed by atoms with Crippen LogP contribution in [-0.4, -0.2) is 25.6 Å². The van der Waals surface area contributed by atoms with E-state index in [0.717, 1.165) is 0 Å². The smallest absolute Gasteiger partial charge is 0.401 e. The van der Waals surface area contributed by atoms with Crippen LogP contribution in [0.5, 0.6) is 0 Å². The quantitative estimate of drug-likeness (QED) is 0.312. The Kier molecular flexibility index (Phi) is 3.91. The van der Waals surface area contributed by atoms with Gasteiger partial charge in [-0.3, -0.25) is 4.98 Å². The van der Waals surface area contributed by atoms with Gasteiger partial charge in [0.2, 0.25) is 0 Å². The molecule has 0 unspecified atom stereocenters. The first-order valence-electron chi connectivity index (χ1n) is 1.98. The van der Waals surface area contributed by atoms with Crippen molar-refractivity contribution in [3.63, 3.8) is 0 Å². The number of hydrogen-bond donors (Lipinski definition) is 3. The monoisotopic (exact) mass is 119 g/mol. The Labute approximate surface area is 44.2 Å². The highest BCUT2D eigenvalue weighted by Crippen LogP contribution is 1.58. The van der Waals surface area contributed by atoms with E-state index in [1.807, 2.05) is 0 Å². The Balaban J connectivity index is 2.81. The summed E-state index contributed by atoms with van der Waals surface area (Å²) in [4.78, 5) is 18.9. The zero-order valence-electron chi connectivity index (χ0n) is 3.96. The van der Waals surface area contributed by atoms with E-state index in [4.69, 9.17) is 9.59 Å². The number of nitrogens with one attached hydrogen (secondary N) is 1. The van der Waals surface area contributed by atoms with Crippen LogP contribution in [0.25, 0.3) is 0 Å². The fraction of sp³-hybridized carbons (Fsp3) is 0.333. The minimum Gasteiger partial charge on any atom is -0.401 e. The van der Waals surface area contributed by atoms with Crippen molar-refractivity contribution in [1.29, 1.82) is 0 Å². The molecule has 0 saturated heterocycles. The highest BCUT2D eigenvalue weighted by atomic mass is 28.3. The Morgan fingerprint density at radius 2 is 2.29 bits per heavy atom. The van der Waals surface area contributed by atoms with Gasteiger partial charge in [-0.25, -0.2) is 0 Å². The molecule has 0 aromatic heterocycles. The fourth-order valence-corrected chi connectivity index (χ4v) is 0.566. The van der Waals surface area contributed by atoms with Gasteiger partial charge in [-0.05, 0) is 0 Å². The summed E-state index contributed by atoms with van der Waals surface area (Å²) in [5.74, 6) is 0. The molecule has 0 amide bonds. The normalized spacial score (nSPS) is 9.57. The molecule has 0 heterocycles. The first kappa shape index (κ1) is 6.84. The predicted octanol–water partition coefficient (Wildman–Crippen LogP) is -1.54. The summed E-state index contributed by atoms with van der Waals surface area (Å²) >= 11 is 0. The third-order valence-electron chi connectivity index (χ3n) is 0.445. The molecule has 0 atom stereocenters. The Bertz CT molecular complexity index is 56.9. The largest absolute Gasteiger partial charge is 0.403 e. The van der Waals surface area contributed by atoms with Crippen molar-refractivity contribution >= 4 is 9.45 Å². The molecule has 0 fully saturated rings. The second-order valence-electron chi connectivity index (χ2n) is 1.07. The zero-order valence-corrected chi connectivity index (χ0v) is 5.12. The highest BCUT2D eigenvalue weighted by Gasteiger charge is 1.93. The van der Waals surface area contributed by atoms with Gasteiger partial charge in [0.1, 0.15) is 0 Å². The molecule has 0 aromatic carbocycles. The minimum atomic E-state index is -2.51. The lowest BCUT2D eigenvalue weighted by atomic mass is 10.7. The molecule has 0 spiro atoms. The van der Waals surface area contributed by atoms with Crippen LogP contribution < -0.4 is 4.98 Å². The van der Waals surface area contributed by atoms with E-state index in [2.05, 4.69) is 11.6 Å². The van der Waals surface area contributed by atoms with Crippen molar-refractivity contribution in [2.24, 2.45) is 0 Å². The second-order valence-corrected chi connectivity index (χ2v) is 2.23. The van der Waals surface area contributed by atoms with Crippen LogP contribution in [0.2, 0.25) is 0 Å². The summed E-state index contributed by atoms with van der Waals surface area (Å²) in [6.07, 6.45) is 1.58. The average Bonchev–Trinajstić information content (AvgIpc) is 1.61. The van der Waals surface area contributed by atoms with E-state index >= 15 is 0 Å². The molecular formula is C3H9NO2Si. The van der Waals surface area contributed by atoms with Gasteiger partial charge < -0.3 is 9.59 Å². The molecule has 0 aliphatic carbocycles. The molecule has 0 aliphatic heterocycles. The van der Waals surface area contributed by atoms with Gasteiger partial charge >= 0.3 is 9.45 Å². The lowest BCUT2D eigenvalue weighted by molar-refractivity contribution is 0.389. The molecule has 0 aliphatic rings. The summed E-state index contributed by atoms with van der Waals surface area (Å²) in [7, 11) is -2.51. The van der Waals surface area contributed by atoms with E-state index < -0.39 is 9.45 Å². The van der Waals surface area contributed by atoms with Gasteiger partial charge in [-0.15, -0.1) is 6.58 Å². The van der Waals surface area contributed by atoms with Crippen LogP contribution in [0.15, 0.2) is 12.7 Å². The Morgan fingerprint density at radius 3 is 2.43 bits per heavy atom. The zero-order chi connectivity index (χ0) is 5.70. The van der Waals surface area contributed by atoms with Gasteiger partial charge in [0.05, 0.1) is 0 Å². The fourth-order valence-electron chi connectivity index (χ4n) is 0.189. The molecular weight excluding hydrogens is 110 g/mol. The third-order valence-corrected chi connectivity index (χ3v) is 1.05. The molecule has 4 heteroatoms. The SMILES string of the molecule is C=CCN[SiH](O)O. The molecule has 0 radical (unpaired) electrons. The molecule has 3 nitrogen and oxygen atoms in total. The maximum Gasteiger partial charge on any atom is 0.403 e. The van der Waals surface area contributed by atoms with Crippen LogP contribution in [-0.2, 0) is 0 Å². The lowest BCUT2D eigenvalue weighted by Crippen LogP contribution is -2.33. The van der Waals surface area contributed by atoms with Crippen molar-refractivity contribution in [3.8, 4) is 0 Å². The van der Waals surface area contributed by atoms with Crippen molar-refractivity contribution < 1.29 is 9.59 Å². The molecule has 3 N–H and O–H groups in total. The van der Waals surface area contributed by atoms with Crippen LogP contribution in [0.4, 0.5) is 0 Å². The lowest BCUT2D eigenvalue weighted by Gasteiger charge is -1.96. The van der Waals surface area contributed by atoms with Crippen LogP contribution in [0, 0.1) is 0 Å². The van der Waals surface area contributed by atoms with Gasteiger partial charge in [0, 0.05) is 6.54 Å². The third kappa shape index (κ3) is 5.84. The molecule has 42 valence electrons.